The Kier molecular flexibility index (Phi) is 7.34. The maximum absolute atomic E-state index is 13.3. The van der Waals surface area contributed by atoms with Crippen molar-refractivity contribution >= 4 is 35.0 Å². The Hall–Kier alpha value is -5.80. The molecular weight excluding hydrogens is 632 g/mol. The number of fused-ring (bicyclic) bond motifs is 4. The third kappa shape index (κ3) is 4.87. The molecule has 0 bridgehead atoms. The lowest BCUT2D eigenvalue weighted by atomic mass is 9.86. The van der Waals surface area contributed by atoms with Crippen LogP contribution >= 0.6 is 0 Å². The first kappa shape index (κ1) is 31.6. The van der Waals surface area contributed by atoms with Gasteiger partial charge in [-0.2, -0.15) is 26.3 Å². The number of halogens is 6. The Labute approximate surface area is 251 Å². The fraction of sp³-hybridized carbons (Fsp3) is 0.133. The van der Waals surface area contributed by atoms with Crippen molar-refractivity contribution in [2.24, 2.45) is 0 Å². The number of aromatic carboxylic acids is 1. The number of rotatable bonds is 2. The molecule has 0 radical (unpaired) electrons. The van der Waals surface area contributed by atoms with Crippen molar-refractivity contribution in [2.45, 2.75) is 12.4 Å². The summed E-state index contributed by atoms with van der Waals surface area (Å²) in [5, 5.41) is 9.00. The van der Waals surface area contributed by atoms with Crippen molar-refractivity contribution in [3.8, 4) is 0 Å². The predicted molar refractivity (Wildman–Crippen MR) is 139 cm³/mol. The van der Waals surface area contributed by atoms with Crippen LogP contribution in [0.1, 0.15) is 96.3 Å². The van der Waals surface area contributed by atoms with E-state index in [0.717, 1.165) is 4.90 Å². The smallest absolute Gasteiger partial charge is 0.450 e. The van der Waals surface area contributed by atoms with Gasteiger partial charge in [0.15, 0.2) is 23.1 Å². The summed E-state index contributed by atoms with van der Waals surface area (Å²) in [5.74, 6) is -11.8. The van der Waals surface area contributed by atoms with Crippen LogP contribution in [0.3, 0.4) is 0 Å². The molecule has 16 heteroatoms. The number of carboxylic acids is 1. The van der Waals surface area contributed by atoms with Crippen LogP contribution in [-0.2, 0) is 12.4 Å². The molecule has 0 saturated carbocycles. The second-order valence-electron chi connectivity index (χ2n) is 9.93. The Morgan fingerprint density at radius 3 is 1.26 bits per heavy atom. The maximum Gasteiger partial charge on any atom is 0.450 e. The van der Waals surface area contributed by atoms with Crippen LogP contribution in [0.4, 0.5) is 26.3 Å². The zero-order valence-corrected chi connectivity index (χ0v) is 23.0. The first-order valence-electron chi connectivity index (χ1n) is 12.7. The van der Waals surface area contributed by atoms with Crippen LogP contribution in [-0.4, -0.2) is 59.1 Å². The number of ketones is 4. The van der Waals surface area contributed by atoms with Crippen LogP contribution in [0, 0.1) is 0 Å². The van der Waals surface area contributed by atoms with Crippen LogP contribution in [0.25, 0.3) is 0 Å². The Morgan fingerprint density at radius 2 is 0.935 bits per heavy atom. The number of alkyl halides is 6. The largest absolute Gasteiger partial charge is 0.478 e. The van der Waals surface area contributed by atoms with Crippen molar-refractivity contribution in [1.29, 1.82) is 0 Å². The monoisotopic (exact) mass is 647 g/mol. The molecule has 2 aliphatic rings. The van der Waals surface area contributed by atoms with Gasteiger partial charge in [0.1, 0.15) is 11.1 Å². The molecule has 46 heavy (non-hydrogen) atoms. The summed E-state index contributed by atoms with van der Waals surface area (Å²) in [4.78, 5) is 73.7. The van der Waals surface area contributed by atoms with Gasteiger partial charge >= 0.3 is 18.3 Å². The molecule has 0 atom stereocenters. The molecule has 2 aliphatic carbocycles. The van der Waals surface area contributed by atoms with Gasteiger partial charge in [-0.05, 0) is 0 Å². The molecule has 0 aliphatic heterocycles. The summed E-state index contributed by atoms with van der Waals surface area (Å²) in [7, 11) is 2.48. The molecule has 1 N–H and O–H groups in total. The first-order valence-corrected chi connectivity index (χ1v) is 12.7. The van der Waals surface area contributed by atoms with E-state index >= 15 is 0 Å². The molecule has 4 aromatic rings. The topological polar surface area (TPSA) is 152 Å². The van der Waals surface area contributed by atoms with Gasteiger partial charge in [0.25, 0.3) is 5.91 Å². The minimum atomic E-state index is -5.14. The molecule has 1 amide bonds. The Morgan fingerprint density at radius 1 is 0.609 bits per heavy atom. The molecule has 6 rings (SSSR count). The molecule has 0 fully saturated rings. The van der Waals surface area contributed by atoms with Crippen molar-refractivity contribution in [1.82, 2.24) is 4.90 Å². The lowest BCUT2D eigenvalue weighted by molar-refractivity contribution is -0.154. The fourth-order valence-corrected chi connectivity index (χ4v) is 4.92. The van der Waals surface area contributed by atoms with Crippen LogP contribution in [0.15, 0.2) is 57.4 Å². The van der Waals surface area contributed by atoms with Gasteiger partial charge < -0.3 is 18.8 Å². The second-order valence-corrected chi connectivity index (χ2v) is 9.93. The van der Waals surface area contributed by atoms with Gasteiger partial charge in [-0.3, -0.25) is 24.0 Å². The average Bonchev–Trinajstić information content (AvgIpc) is 3.60. The average molecular weight is 647 g/mol. The number of nitrogens with zero attached hydrogens (tertiary/aromatic N) is 1. The number of hydrogen-bond acceptors (Lipinski definition) is 8. The van der Waals surface area contributed by atoms with Crippen LogP contribution in [0.5, 0.6) is 0 Å². The zero-order chi connectivity index (χ0) is 34.0. The van der Waals surface area contributed by atoms with Crippen LogP contribution < -0.4 is 0 Å². The third-order valence-corrected chi connectivity index (χ3v) is 6.86. The van der Waals surface area contributed by atoms with E-state index in [1.807, 2.05) is 0 Å². The number of hydrogen-bond donors (Lipinski definition) is 1. The van der Waals surface area contributed by atoms with Crippen molar-refractivity contribution < 1.29 is 69.1 Å². The lowest BCUT2D eigenvalue weighted by Gasteiger charge is -2.15. The molecule has 2 heterocycles. The minimum Gasteiger partial charge on any atom is -0.478 e. The number of furan rings is 2. The molecule has 2 aromatic heterocycles. The summed E-state index contributed by atoms with van der Waals surface area (Å²) < 4.78 is 87.6. The highest BCUT2D eigenvalue weighted by atomic mass is 19.4. The standard InChI is InChI=1S/C16H10F3NO4.C14H5F3O5/c1-20(2)15(23)10-9-11(21)7-5-3-4-6-8(7)12(22)13(9)24-14(10)16(17,18)19;15-14(16,17)12-8(13(20)21)7-9(18)5-3-1-2-4-6(5)10(19)11(7)22-12/h3-6H,1-2H3;1-4H,(H,20,21). The number of benzene rings is 2. The van der Waals surface area contributed by atoms with E-state index in [1.54, 1.807) is 0 Å². The normalized spacial score (nSPS) is 13.7. The van der Waals surface area contributed by atoms with E-state index in [4.69, 9.17) is 5.11 Å². The van der Waals surface area contributed by atoms with Gasteiger partial charge in [-0.1, -0.05) is 48.5 Å². The molecular formula is C30H15F6NO9. The van der Waals surface area contributed by atoms with Crippen molar-refractivity contribution in [2.75, 3.05) is 14.1 Å². The molecule has 10 nitrogen and oxygen atoms in total. The highest BCUT2D eigenvalue weighted by Gasteiger charge is 2.49. The van der Waals surface area contributed by atoms with Crippen molar-refractivity contribution in [3.63, 3.8) is 0 Å². The van der Waals surface area contributed by atoms with Gasteiger partial charge in [0.2, 0.25) is 23.1 Å². The third-order valence-electron chi connectivity index (χ3n) is 6.86. The van der Waals surface area contributed by atoms with E-state index in [0.29, 0.717) is 0 Å². The van der Waals surface area contributed by atoms with E-state index < -0.39 is 92.7 Å². The van der Waals surface area contributed by atoms with Crippen LogP contribution in [0.2, 0.25) is 0 Å². The van der Waals surface area contributed by atoms with E-state index in [-0.39, 0.29) is 22.3 Å². The SMILES string of the molecule is CN(C)C(=O)c1c(C(F)(F)F)oc2c1C(=O)c1ccccc1C2=O.O=C1c2ccccc2C(=O)c2c1oc(C(F)(F)F)c2C(=O)O. The predicted octanol–water partition coefficient (Wildman–Crippen LogP) is 5.55. The molecule has 0 saturated heterocycles. The Balaban J connectivity index is 0.000000182. The molecule has 236 valence electrons. The van der Waals surface area contributed by atoms with E-state index in [2.05, 4.69) is 8.83 Å². The molecule has 0 spiro atoms. The summed E-state index contributed by atoms with van der Waals surface area (Å²) >= 11 is 0. The van der Waals surface area contributed by atoms with E-state index in [1.165, 1.54) is 62.6 Å². The highest BCUT2D eigenvalue weighted by molar-refractivity contribution is 6.31. The summed E-state index contributed by atoms with van der Waals surface area (Å²) in [6.45, 7) is 0. The van der Waals surface area contributed by atoms with Gasteiger partial charge in [-0.15, -0.1) is 0 Å². The first-order chi connectivity index (χ1) is 21.4. The lowest BCUT2D eigenvalue weighted by Crippen LogP contribution is -2.28. The summed E-state index contributed by atoms with van der Waals surface area (Å²) in [6.07, 6.45) is -10.2. The molecule has 2 aromatic carbocycles. The number of amides is 1. The number of carbonyl (C=O) groups is 6. The van der Waals surface area contributed by atoms with Crippen molar-refractivity contribution in [3.05, 3.63) is 116 Å². The van der Waals surface area contributed by atoms with Gasteiger partial charge in [-0.25, -0.2) is 4.79 Å². The van der Waals surface area contributed by atoms with Gasteiger partial charge in [0.05, 0.1) is 11.1 Å². The maximum atomic E-state index is 13.3. The van der Waals surface area contributed by atoms with Gasteiger partial charge in [0, 0.05) is 36.3 Å². The molecule has 0 unspecified atom stereocenters. The summed E-state index contributed by atoms with van der Waals surface area (Å²) in [6, 6.07) is 11.0. The second kappa shape index (κ2) is 10.7. The summed E-state index contributed by atoms with van der Waals surface area (Å²) in [5.41, 5.74) is -4.16. The highest BCUT2D eigenvalue weighted by Crippen LogP contribution is 2.42. The minimum absolute atomic E-state index is 0.0543. The number of carbonyl (C=O) groups excluding carboxylic acids is 5. The van der Waals surface area contributed by atoms with E-state index in [9.17, 15) is 55.1 Å². The zero-order valence-electron chi connectivity index (χ0n) is 23.0. The number of carboxylic acid groups (broad SMARTS) is 1. The quantitative estimate of drug-likeness (QED) is 0.239. The fourth-order valence-electron chi connectivity index (χ4n) is 4.92. The Bertz CT molecular complexity index is 2030.